The van der Waals surface area contributed by atoms with Crippen molar-refractivity contribution in [1.29, 1.82) is 5.26 Å². The van der Waals surface area contributed by atoms with E-state index in [1.807, 2.05) is 17.5 Å². The molecule has 2 aromatic heterocycles. The topological polar surface area (TPSA) is 78.7 Å². The van der Waals surface area contributed by atoms with Gasteiger partial charge in [0.15, 0.2) is 0 Å². The Bertz CT molecular complexity index is 1310. The summed E-state index contributed by atoms with van der Waals surface area (Å²) in [7, 11) is 0. The summed E-state index contributed by atoms with van der Waals surface area (Å²) < 4.78 is 1.16. The average Bonchev–Trinajstić information content (AvgIpc) is 3.09. The first-order valence-electron chi connectivity index (χ1n) is 8.06. The van der Waals surface area contributed by atoms with Crippen molar-refractivity contribution in [2.75, 3.05) is 0 Å². The van der Waals surface area contributed by atoms with Crippen LogP contribution in [-0.4, -0.2) is 9.55 Å². The number of aromatic amines is 1. The minimum absolute atomic E-state index is 0.0928. The van der Waals surface area contributed by atoms with Crippen molar-refractivity contribution in [3.05, 3.63) is 90.9 Å². The molecule has 7 heteroatoms. The van der Waals surface area contributed by atoms with Crippen LogP contribution >= 0.6 is 22.9 Å². The van der Waals surface area contributed by atoms with Gasteiger partial charge in [0.1, 0.15) is 4.83 Å². The highest BCUT2D eigenvalue weighted by molar-refractivity contribution is 7.17. The van der Waals surface area contributed by atoms with Gasteiger partial charge in [0.05, 0.1) is 23.6 Å². The lowest BCUT2D eigenvalue weighted by molar-refractivity contribution is 0.713. The van der Waals surface area contributed by atoms with E-state index in [0.717, 1.165) is 15.7 Å². The Morgan fingerprint density at radius 1 is 1.15 bits per heavy atom. The number of benzene rings is 2. The van der Waals surface area contributed by atoms with Crippen molar-refractivity contribution in [2.45, 2.75) is 6.54 Å². The van der Waals surface area contributed by atoms with E-state index in [0.29, 0.717) is 26.4 Å². The van der Waals surface area contributed by atoms with Crippen molar-refractivity contribution in [1.82, 2.24) is 9.55 Å². The third kappa shape index (κ3) is 3.19. The van der Waals surface area contributed by atoms with Gasteiger partial charge in [0, 0.05) is 16.0 Å². The number of fused-ring (bicyclic) bond motifs is 1. The van der Waals surface area contributed by atoms with Crippen LogP contribution in [0.5, 0.6) is 0 Å². The van der Waals surface area contributed by atoms with Crippen LogP contribution in [0.2, 0.25) is 5.02 Å². The van der Waals surface area contributed by atoms with E-state index in [1.54, 1.807) is 36.4 Å². The van der Waals surface area contributed by atoms with Gasteiger partial charge in [-0.05, 0) is 35.4 Å². The molecule has 0 unspecified atom stereocenters. The second-order valence-corrected chi connectivity index (χ2v) is 7.31. The van der Waals surface area contributed by atoms with Crippen LogP contribution in [0.3, 0.4) is 0 Å². The lowest BCUT2D eigenvalue weighted by Crippen LogP contribution is -2.35. The number of nitriles is 1. The molecule has 2 heterocycles. The highest BCUT2D eigenvalue weighted by Crippen LogP contribution is 2.30. The number of aromatic nitrogens is 2. The highest BCUT2D eigenvalue weighted by Gasteiger charge is 2.15. The van der Waals surface area contributed by atoms with E-state index >= 15 is 0 Å². The lowest BCUT2D eigenvalue weighted by Gasteiger charge is -2.07. The Labute approximate surface area is 162 Å². The van der Waals surface area contributed by atoms with Crippen LogP contribution in [0.4, 0.5) is 0 Å². The SMILES string of the molecule is N#Cc1cccc(Cn2c(=O)[nH]c3scc(-c4ccc(Cl)cc4)c3c2=O)c1. The summed E-state index contributed by atoms with van der Waals surface area (Å²) in [5.74, 6) is 0. The van der Waals surface area contributed by atoms with Gasteiger partial charge < -0.3 is 0 Å². The summed E-state index contributed by atoms with van der Waals surface area (Å²) in [6, 6.07) is 16.1. The fourth-order valence-corrected chi connectivity index (χ4v) is 4.04. The molecule has 0 atom stereocenters. The Morgan fingerprint density at radius 3 is 2.67 bits per heavy atom. The van der Waals surface area contributed by atoms with Gasteiger partial charge in [0.2, 0.25) is 0 Å². The Hall–Kier alpha value is -3.14. The molecule has 0 amide bonds. The molecule has 0 aliphatic heterocycles. The van der Waals surface area contributed by atoms with Gasteiger partial charge in [-0.25, -0.2) is 4.79 Å². The minimum atomic E-state index is -0.473. The zero-order valence-corrected chi connectivity index (χ0v) is 15.5. The van der Waals surface area contributed by atoms with Gasteiger partial charge >= 0.3 is 5.69 Å². The molecule has 0 saturated heterocycles. The maximum atomic E-state index is 13.1. The fourth-order valence-electron chi connectivity index (χ4n) is 2.96. The normalized spacial score (nSPS) is 10.8. The Balaban J connectivity index is 1.88. The standard InChI is InChI=1S/C20H12ClN3O2S/c21-15-6-4-14(5-7-15)16-11-27-18-17(16)19(25)24(20(26)23-18)10-13-3-1-2-12(8-13)9-22/h1-8,11H,10H2,(H,23,26). The molecule has 0 bridgehead atoms. The second kappa shape index (κ2) is 6.88. The number of hydrogen-bond acceptors (Lipinski definition) is 4. The number of thiophene rings is 1. The highest BCUT2D eigenvalue weighted by atomic mass is 35.5. The summed E-state index contributed by atoms with van der Waals surface area (Å²) in [5, 5.41) is 12.0. The van der Waals surface area contributed by atoms with E-state index in [9.17, 15) is 9.59 Å². The summed E-state index contributed by atoms with van der Waals surface area (Å²) in [6.07, 6.45) is 0. The number of rotatable bonds is 3. The molecule has 0 aliphatic carbocycles. The predicted molar refractivity (Wildman–Crippen MR) is 107 cm³/mol. The maximum Gasteiger partial charge on any atom is 0.329 e. The van der Waals surface area contributed by atoms with Gasteiger partial charge in [0.25, 0.3) is 5.56 Å². The van der Waals surface area contributed by atoms with Crippen LogP contribution in [0, 0.1) is 11.3 Å². The second-order valence-electron chi connectivity index (χ2n) is 5.99. The number of halogens is 1. The molecule has 132 valence electrons. The van der Waals surface area contributed by atoms with Crippen LogP contribution in [0.1, 0.15) is 11.1 Å². The fraction of sp³-hybridized carbons (Fsp3) is 0.0500. The first-order chi connectivity index (χ1) is 13.1. The summed E-state index contributed by atoms with van der Waals surface area (Å²) in [5.41, 5.74) is 1.97. The lowest BCUT2D eigenvalue weighted by atomic mass is 10.1. The van der Waals surface area contributed by atoms with Crippen molar-refractivity contribution >= 4 is 33.2 Å². The molecule has 4 rings (SSSR count). The van der Waals surface area contributed by atoms with E-state index in [1.165, 1.54) is 11.3 Å². The van der Waals surface area contributed by atoms with Crippen LogP contribution in [0.25, 0.3) is 21.3 Å². The first kappa shape index (κ1) is 17.3. The van der Waals surface area contributed by atoms with Crippen molar-refractivity contribution < 1.29 is 0 Å². The predicted octanol–water partition coefficient (Wildman–Crippen LogP) is 3.99. The van der Waals surface area contributed by atoms with E-state index in [4.69, 9.17) is 16.9 Å². The van der Waals surface area contributed by atoms with Crippen molar-refractivity contribution in [3.63, 3.8) is 0 Å². The zero-order chi connectivity index (χ0) is 19.0. The molecule has 27 heavy (non-hydrogen) atoms. The van der Waals surface area contributed by atoms with Crippen LogP contribution in [-0.2, 0) is 6.54 Å². The van der Waals surface area contributed by atoms with Gasteiger partial charge in [-0.15, -0.1) is 11.3 Å². The summed E-state index contributed by atoms with van der Waals surface area (Å²) >= 11 is 7.27. The van der Waals surface area contributed by atoms with E-state index in [-0.39, 0.29) is 12.1 Å². The summed E-state index contributed by atoms with van der Waals surface area (Å²) in [6.45, 7) is 0.0928. The van der Waals surface area contributed by atoms with E-state index in [2.05, 4.69) is 11.1 Å². The minimum Gasteiger partial charge on any atom is -0.298 e. The molecule has 5 nitrogen and oxygen atoms in total. The molecule has 1 N–H and O–H groups in total. The average molecular weight is 394 g/mol. The van der Waals surface area contributed by atoms with Crippen LogP contribution < -0.4 is 11.2 Å². The molecule has 4 aromatic rings. The van der Waals surface area contributed by atoms with E-state index < -0.39 is 5.69 Å². The van der Waals surface area contributed by atoms with Crippen molar-refractivity contribution in [3.8, 4) is 17.2 Å². The summed E-state index contributed by atoms with van der Waals surface area (Å²) in [4.78, 5) is 28.8. The molecular weight excluding hydrogens is 382 g/mol. The maximum absolute atomic E-state index is 13.1. The molecule has 2 aromatic carbocycles. The number of hydrogen-bond donors (Lipinski definition) is 1. The molecule has 0 aliphatic rings. The third-order valence-electron chi connectivity index (χ3n) is 4.27. The Morgan fingerprint density at radius 2 is 1.93 bits per heavy atom. The first-order valence-corrected chi connectivity index (χ1v) is 9.32. The molecule has 0 fully saturated rings. The van der Waals surface area contributed by atoms with Crippen LogP contribution in [0.15, 0.2) is 63.5 Å². The number of nitrogens with one attached hydrogen (secondary N) is 1. The largest absolute Gasteiger partial charge is 0.329 e. The molecule has 0 saturated carbocycles. The Kier molecular flexibility index (Phi) is 4.40. The molecule has 0 spiro atoms. The monoisotopic (exact) mass is 393 g/mol. The smallest absolute Gasteiger partial charge is 0.298 e. The van der Waals surface area contributed by atoms with Gasteiger partial charge in [-0.3, -0.25) is 14.3 Å². The number of H-pyrrole nitrogens is 1. The van der Waals surface area contributed by atoms with Gasteiger partial charge in [-0.2, -0.15) is 5.26 Å². The molecular formula is C20H12ClN3O2S. The molecule has 0 radical (unpaired) electrons. The quantitative estimate of drug-likeness (QED) is 0.571. The van der Waals surface area contributed by atoms with Gasteiger partial charge in [-0.1, -0.05) is 35.9 Å². The third-order valence-corrected chi connectivity index (χ3v) is 5.42. The van der Waals surface area contributed by atoms with Crippen molar-refractivity contribution in [2.24, 2.45) is 0 Å². The zero-order valence-electron chi connectivity index (χ0n) is 13.9. The number of nitrogens with zero attached hydrogens (tertiary/aromatic N) is 2.